The van der Waals surface area contributed by atoms with Crippen molar-refractivity contribution >= 4 is 6.21 Å². The SMILES string of the molecule is CCCCO/N=C/c1ccc(OC)c(OC)c1. The Hall–Kier alpha value is -1.71. The molecule has 0 saturated carbocycles. The average molecular weight is 237 g/mol. The van der Waals surface area contributed by atoms with Gasteiger partial charge in [0.05, 0.1) is 20.4 Å². The highest BCUT2D eigenvalue weighted by atomic mass is 16.6. The van der Waals surface area contributed by atoms with Gasteiger partial charge in [-0.2, -0.15) is 0 Å². The summed E-state index contributed by atoms with van der Waals surface area (Å²) in [7, 11) is 3.22. The van der Waals surface area contributed by atoms with Crippen LogP contribution in [0.25, 0.3) is 0 Å². The van der Waals surface area contributed by atoms with Crippen molar-refractivity contribution in [3.05, 3.63) is 23.8 Å². The molecule has 0 heterocycles. The minimum Gasteiger partial charge on any atom is -0.493 e. The van der Waals surface area contributed by atoms with Crippen molar-refractivity contribution in [1.29, 1.82) is 0 Å². The number of oxime groups is 1. The monoisotopic (exact) mass is 237 g/mol. The predicted octanol–water partition coefficient (Wildman–Crippen LogP) is 2.85. The van der Waals surface area contributed by atoms with Crippen molar-refractivity contribution in [1.82, 2.24) is 0 Å². The topological polar surface area (TPSA) is 40.0 Å². The first-order valence-corrected chi connectivity index (χ1v) is 5.69. The molecule has 4 heteroatoms. The van der Waals surface area contributed by atoms with E-state index < -0.39 is 0 Å². The van der Waals surface area contributed by atoms with E-state index in [-0.39, 0.29) is 0 Å². The van der Waals surface area contributed by atoms with E-state index in [0.717, 1.165) is 18.4 Å². The number of rotatable bonds is 7. The van der Waals surface area contributed by atoms with Crippen LogP contribution in [0.15, 0.2) is 23.4 Å². The van der Waals surface area contributed by atoms with Crippen LogP contribution in [0, 0.1) is 0 Å². The van der Waals surface area contributed by atoms with E-state index in [1.54, 1.807) is 20.4 Å². The van der Waals surface area contributed by atoms with Crippen LogP contribution in [0.1, 0.15) is 25.3 Å². The Morgan fingerprint density at radius 2 is 1.94 bits per heavy atom. The van der Waals surface area contributed by atoms with Crippen LogP contribution in [-0.2, 0) is 4.84 Å². The normalized spacial score (nSPS) is 10.5. The zero-order chi connectivity index (χ0) is 12.5. The molecule has 0 unspecified atom stereocenters. The summed E-state index contributed by atoms with van der Waals surface area (Å²) in [5.41, 5.74) is 0.916. The molecule has 1 aromatic carbocycles. The molecule has 0 spiro atoms. The van der Waals surface area contributed by atoms with Gasteiger partial charge in [0.15, 0.2) is 11.5 Å². The van der Waals surface area contributed by atoms with Crippen molar-refractivity contribution < 1.29 is 14.3 Å². The summed E-state index contributed by atoms with van der Waals surface area (Å²) in [6, 6.07) is 5.59. The van der Waals surface area contributed by atoms with Crippen molar-refractivity contribution in [2.75, 3.05) is 20.8 Å². The lowest BCUT2D eigenvalue weighted by molar-refractivity contribution is 0.143. The Labute approximate surface area is 102 Å². The van der Waals surface area contributed by atoms with Gasteiger partial charge in [0.25, 0.3) is 0 Å². The summed E-state index contributed by atoms with van der Waals surface area (Å²) < 4.78 is 10.3. The molecule has 0 atom stereocenters. The molecule has 94 valence electrons. The molecule has 0 amide bonds. The van der Waals surface area contributed by atoms with Gasteiger partial charge in [-0.25, -0.2) is 0 Å². The van der Waals surface area contributed by atoms with Crippen LogP contribution in [-0.4, -0.2) is 27.0 Å². The maximum absolute atomic E-state index is 5.19. The van der Waals surface area contributed by atoms with E-state index in [1.807, 2.05) is 18.2 Å². The maximum atomic E-state index is 5.19. The van der Waals surface area contributed by atoms with Crippen molar-refractivity contribution in [3.63, 3.8) is 0 Å². The summed E-state index contributed by atoms with van der Waals surface area (Å²) in [5.74, 6) is 1.39. The van der Waals surface area contributed by atoms with Crippen LogP contribution in [0.2, 0.25) is 0 Å². The summed E-state index contributed by atoms with van der Waals surface area (Å²) in [6.45, 7) is 2.77. The molecule has 0 aromatic heterocycles. The van der Waals surface area contributed by atoms with E-state index in [4.69, 9.17) is 14.3 Å². The van der Waals surface area contributed by atoms with Crippen LogP contribution in [0.3, 0.4) is 0 Å². The Morgan fingerprint density at radius 1 is 1.18 bits per heavy atom. The molecule has 1 rings (SSSR count). The number of benzene rings is 1. The molecule has 0 radical (unpaired) electrons. The van der Waals surface area contributed by atoms with Gasteiger partial charge < -0.3 is 14.3 Å². The van der Waals surface area contributed by atoms with Crippen molar-refractivity contribution in [2.24, 2.45) is 5.16 Å². The number of methoxy groups -OCH3 is 2. The molecule has 1 aromatic rings. The Morgan fingerprint density at radius 3 is 2.59 bits per heavy atom. The van der Waals surface area contributed by atoms with Gasteiger partial charge >= 0.3 is 0 Å². The highest BCUT2D eigenvalue weighted by Crippen LogP contribution is 2.26. The zero-order valence-corrected chi connectivity index (χ0v) is 10.6. The van der Waals surface area contributed by atoms with Crippen molar-refractivity contribution in [2.45, 2.75) is 19.8 Å². The molecular weight excluding hydrogens is 218 g/mol. The van der Waals surface area contributed by atoms with Gasteiger partial charge in [0.1, 0.15) is 6.61 Å². The Bertz CT molecular complexity index is 364. The van der Waals surface area contributed by atoms with Crippen LogP contribution >= 0.6 is 0 Å². The zero-order valence-electron chi connectivity index (χ0n) is 10.6. The molecule has 0 aliphatic rings. The predicted molar refractivity (Wildman–Crippen MR) is 68.0 cm³/mol. The first-order valence-electron chi connectivity index (χ1n) is 5.69. The molecule has 0 fully saturated rings. The lowest BCUT2D eigenvalue weighted by Gasteiger charge is -2.07. The lowest BCUT2D eigenvalue weighted by Crippen LogP contribution is -1.93. The van der Waals surface area contributed by atoms with Gasteiger partial charge in [-0.05, 0) is 24.6 Å². The molecule has 17 heavy (non-hydrogen) atoms. The van der Waals surface area contributed by atoms with E-state index in [1.165, 1.54) is 0 Å². The molecule has 0 aliphatic heterocycles. The van der Waals surface area contributed by atoms with Crippen LogP contribution < -0.4 is 9.47 Å². The Balaban J connectivity index is 2.59. The second-order valence-corrected chi connectivity index (χ2v) is 3.54. The van der Waals surface area contributed by atoms with E-state index in [9.17, 15) is 0 Å². The molecule has 4 nitrogen and oxygen atoms in total. The smallest absolute Gasteiger partial charge is 0.161 e. The fourth-order valence-corrected chi connectivity index (χ4v) is 1.29. The second-order valence-electron chi connectivity index (χ2n) is 3.54. The fourth-order valence-electron chi connectivity index (χ4n) is 1.29. The molecule has 0 bridgehead atoms. The lowest BCUT2D eigenvalue weighted by atomic mass is 10.2. The van der Waals surface area contributed by atoms with Crippen LogP contribution in [0.4, 0.5) is 0 Å². The minimum absolute atomic E-state index is 0.653. The number of unbranched alkanes of at least 4 members (excludes halogenated alkanes) is 1. The summed E-state index contributed by atoms with van der Waals surface area (Å²) in [5, 5.41) is 3.89. The quantitative estimate of drug-likeness (QED) is 0.416. The van der Waals surface area contributed by atoms with Gasteiger partial charge in [0, 0.05) is 5.56 Å². The fraction of sp³-hybridized carbons (Fsp3) is 0.462. The molecule has 0 N–H and O–H groups in total. The standard InChI is InChI=1S/C13H19NO3/c1-4-5-8-17-14-10-11-6-7-12(15-2)13(9-11)16-3/h6-7,9-10H,4-5,8H2,1-3H3/b14-10+. The molecule has 0 saturated heterocycles. The first kappa shape index (κ1) is 13.4. The minimum atomic E-state index is 0.653. The third-order valence-corrected chi connectivity index (χ3v) is 2.27. The largest absolute Gasteiger partial charge is 0.493 e. The van der Waals surface area contributed by atoms with Gasteiger partial charge in [-0.3, -0.25) is 0 Å². The highest BCUT2D eigenvalue weighted by Gasteiger charge is 2.02. The molecular formula is C13H19NO3. The van der Waals surface area contributed by atoms with Gasteiger partial charge in [-0.1, -0.05) is 18.5 Å². The van der Waals surface area contributed by atoms with E-state index in [2.05, 4.69) is 12.1 Å². The maximum Gasteiger partial charge on any atom is 0.161 e. The van der Waals surface area contributed by atoms with Crippen LogP contribution in [0.5, 0.6) is 11.5 Å². The summed E-state index contributed by atoms with van der Waals surface area (Å²) >= 11 is 0. The third-order valence-electron chi connectivity index (χ3n) is 2.27. The first-order chi connectivity index (χ1) is 8.31. The van der Waals surface area contributed by atoms with Crippen molar-refractivity contribution in [3.8, 4) is 11.5 Å². The highest BCUT2D eigenvalue weighted by molar-refractivity contribution is 5.80. The average Bonchev–Trinajstić information content (AvgIpc) is 2.38. The Kier molecular flexibility index (Phi) is 5.93. The number of hydrogen-bond donors (Lipinski definition) is 0. The third kappa shape index (κ3) is 4.34. The number of nitrogens with zero attached hydrogens (tertiary/aromatic N) is 1. The van der Waals surface area contributed by atoms with Gasteiger partial charge in [-0.15, -0.1) is 0 Å². The van der Waals surface area contributed by atoms with Gasteiger partial charge in [0.2, 0.25) is 0 Å². The summed E-state index contributed by atoms with van der Waals surface area (Å²) in [6.07, 6.45) is 3.78. The second kappa shape index (κ2) is 7.54. The number of hydrogen-bond acceptors (Lipinski definition) is 4. The summed E-state index contributed by atoms with van der Waals surface area (Å²) in [4.78, 5) is 5.11. The molecule has 0 aliphatic carbocycles. The number of ether oxygens (including phenoxy) is 2. The van der Waals surface area contributed by atoms with E-state index >= 15 is 0 Å². The van der Waals surface area contributed by atoms with E-state index in [0.29, 0.717) is 18.1 Å².